The summed E-state index contributed by atoms with van der Waals surface area (Å²) in [5.41, 5.74) is 0.948. The van der Waals surface area contributed by atoms with Gasteiger partial charge in [-0.1, -0.05) is 6.07 Å². The molecule has 0 radical (unpaired) electrons. The van der Waals surface area contributed by atoms with Crippen LogP contribution in [0.2, 0.25) is 0 Å². The highest BCUT2D eigenvalue weighted by atomic mass is 19.3. The minimum absolute atomic E-state index is 0.0481. The number of hydrogen-bond donors (Lipinski definition) is 2. The summed E-state index contributed by atoms with van der Waals surface area (Å²) in [7, 11) is -1.70. The van der Waals surface area contributed by atoms with Crippen LogP contribution >= 0.6 is 0 Å². The molecular weight excluding hydrogens is 397 g/mol. The van der Waals surface area contributed by atoms with Gasteiger partial charge in [-0.25, -0.2) is 4.98 Å². The Morgan fingerprint density at radius 2 is 1.90 bits per heavy atom. The lowest BCUT2D eigenvalue weighted by molar-refractivity contribution is -0.130. The summed E-state index contributed by atoms with van der Waals surface area (Å²) in [6.45, 7) is -6.08. The van der Waals surface area contributed by atoms with Crippen LogP contribution in [-0.2, 0) is 4.74 Å². The largest absolute Gasteiger partial charge is 0.490 e. The van der Waals surface area contributed by atoms with E-state index in [1.165, 1.54) is 30.6 Å². The Morgan fingerprint density at radius 1 is 1.10 bits per heavy atom. The van der Waals surface area contributed by atoms with E-state index in [0.717, 1.165) is 6.33 Å². The van der Waals surface area contributed by atoms with Crippen molar-refractivity contribution in [3.05, 3.63) is 48.8 Å². The molecule has 3 heterocycles. The molecule has 3 aromatic heterocycles. The van der Waals surface area contributed by atoms with Crippen LogP contribution in [0.3, 0.4) is 0 Å². The fraction of sp³-hybridized carbons (Fsp3) is 0.312. The molecule has 0 aliphatic heterocycles. The molecule has 1 unspecified atom stereocenters. The van der Waals surface area contributed by atoms with Crippen molar-refractivity contribution in [2.24, 2.45) is 0 Å². The van der Waals surface area contributed by atoms with Gasteiger partial charge in [-0.2, -0.15) is 27.3 Å². The van der Waals surface area contributed by atoms with E-state index in [-0.39, 0.29) is 24.3 Å². The van der Waals surface area contributed by atoms with Crippen LogP contribution in [0.1, 0.15) is 24.7 Å². The molecule has 3 rings (SSSR count). The minimum atomic E-state index is -2.93. The smallest absolute Gasteiger partial charge is 0.423 e. The molecule has 0 saturated carbocycles. The zero-order valence-electron chi connectivity index (χ0n) is 14.8. The maximum atomic E-state index is 13.0. The minimum Gasteiger partial charge on any atom is -0.423 e. The predicted octanol–water partition coefficient (Wildman–Crippen LogP) is 1.44. The third kappa shape index (κ3) is 4.99. The highest BCUT2D eigenvalue weighted by Gasteiger charge is 2.21. The normalized spacial score (nSPS) is 12.7. The zero-order chi connectivity index (χ0) is 21.0. The van der Waals surface area contributed by atoms with Gasteiger partial charge in [0.25, 0.3) is 0 Å². The van der Waals surface area contributed by atoms with E-state index in [1.54, 1.807) is 10.8 Å². The number of rotatable bonds is 9. The summed E-state index contributed by atoms with van der Waals surface area (Å²) in [5, 5.41) is 21.8. The average molecular weight is 413 g/mol. The van der Waals surface area contributed by atoms with Gasteiger partial charge in [-0.15, -0.1) is 0 Å². The van der Waals surface area contributed by atoms with Gasteiger partial charge in [-0.05, 0) is 18.6 Å². The van der Waals surface area contributed by atoms with Gasteiger partial charge in [0.1, 0.15) is 6.33 Å². The van der Waals surface area contributed by atoms with Gasteiger partial charge in [0, 0.05) is 29.6 Å². The maximum absolute atomic E-state index is 13.0. The molecule has 8 nitrogen and oxygen atoms in total. The molecule has 0 bridgehead atoms. The fourth-order valence-electron chi connectivity index (χ4n) is 2.82. The maximum Gasteiger partial charge on any atom is 0.490 e. The lowest BCUT2D eigenvalue weighted by Gasteiger charge is -2.19. The molecular formula is C16H16BF4N5O3. The van der Waals surface area contributed by atoms with E-state index in [9.17, 15) is 27.6 Å². The molecule has 2 N–H and O–H groups in total. The van der Waals surface area contributed by atoms with E-state index < -0.39 is 26.3 Å². The summed E-state index contributed by atoms with van der Waals surface area (Å²) in [6, 6.07) is 3.92. The van der Waals surface area contributed by atoms with Crippen molar-refractivity contribution >= 4 is 12.6 Å². The fourth-order valence-corrected chi connectivity index (χ4v) is 2.82. The lowest BCUT2D eigenvalue weighted by atomic mass is 9.81. The van der Waals surface area contributed by atoms with Gasteiger partial charge in [0.15, 0.2) is 5.82 Å². The summed E-state index contributed by atoms with van der Waals surface area (Å²) in [6.07, 6.45) is 5.45. The van der Waals surface area contributed by atoms with Crippen molar-refractivity contribution in [1.82, 2.24) is 24.3 Å². The SMILES string of the molecule is OB(O)c1ccc(C(CCOC(F)F)n2ccc(-c3ncnn3C(F)F)c2)nc1. The van der Waals surface area contributed by atoms with E-state index in [1.807, 2.05) is 0 Å². The number of hydrogen-bond acceptors (Lipinski definition) is 6. The second-order valence-electron chi connectivity index (χ2n) is 5.98. The first-order valence-corrected chi connectivity index (χ1v) is 8.44. The second kappa shape index (κ2) is 9.16. The number of aromatic nitrogens is 5. The number of pyridine rings is 1. The Hall–Kier alpha value is -2.77. The molecule has 29 heavy (non-hydrogen) atoms. The number of nitrogens with zero attached hydrogens (tertiary/aromatic N) is 5. The predicted molar refractivity (Wildman–Crippen MR) is 93.5 cm³/mol. The van der Waals surface area contributed by atoms with Crippen molar-refractivity contribution in [3.63, 3.8) is 0 Å². The molecule has 154 valence electrons. The second-order valence-corrected chi connectivity index (χ2v) is 5.98. The van der Waals surface area contributed by atoms with Crippen LogP contribution in [0, 0.1) is 0 Å². The van der Waals surface area contributed by atoms with Crippen LogP contribution in [0.5, 0.6) is 0 Å². The van der Waals surface area contributed by atoms with Crippen molar-refractivity contribution in [2.75, 3.05) is 6.61 Å². The van der Waals surface area contributed by atoms with Crippen LogP contribution in [0.15, 0.2) is 43.1 Å². The number of halogens is 4. The molecule has 0 aliphatic rings. The molecule has 3 aromatic rings. The van der Waals surface area contributed by atoms with Crippen LogP contribution < -0.4 is 5.46 Å². The van der Waals surface area contributed by atoms with E-state index >= 15 is 0 Å². The van der Waals surface area contributed by atoms with E-state index in [0.29, 0.717) is 15.9 Å². The van der Waals surface area contributed by atoms with Gasteiger partial charge in [0.2, 0.25) is 0 Å². The molecule has 0 spiro atoms. The molecule has 13 heteroatoms. The Labute approximate surface area is 162 Å². The first-order chi connectivity index (χ1) is 13.9. The Kier molecular flexibility index (Phi) is 6.62. The lowest BCUT2D eigenvalue weighted by Crippen LogP contribution is -2.30. The standard InChI is InChI=1S/C16H16BF4N5O3/c18-15(19)26-14(23-9-24-26)10-3-5-25(8-10)13(4-6-29-16(20)21)12-2-1-11(7-22-12)17(27)28/h1-3,5,7-9,13,15-16,27-28H,4,6H2. The quantitative estimate of drug-likeness (QED) is 0.407. The van der Waals surface area contributed by atoms with E-state index in [2.05, 4.69) is 19.8 Å². The van der Waals surface area contributed by atoms with Crippen molar-refractivity contribution in [1.29, 1.82) is 0 Å². The zero-order valence-corrected chi connectivity index (χ0v) is 14.8. The van der Waals surface area contributed by atoms with Gasteiger partial charge >= 0.3 is 20.3 Å². The molecule has 0 amide bonds. The molecule has 0 aliphatic carbocycles. The molecule has 0 aromatic carbocycles. The highest BCUT2D eigenvalue weighted by molar-refractivity contribution is 6.58. The van der Waals surface area contributed by atoms with Gasteiger partial charge in [0.05, 0.1) is 18.3 Å². The third-order valence-electron chi connectivity index (χ3n) is 4.17. The first kappa shape index (κ1) is 21.0. The van der Waals surface area contributed by atoms with Crippen molar-refractivity contribution < 1.29 is 32.3 Å². The average Bonchev–Trinajstić information content (AvgIpc) is 3.34. The Bertz CT molecular complexity index is 919. The topological polar surface area (TPSA) is 98.2 Å². The van der Waals surface area contributed by atoms with Crippen molar-refractivity contribution in [3.8, 4) is 11.4 Å². The number of ether oxygens (including phenoxy) is 1. The molecule has 0 saturated heterocycles. The van der Waals surface area contributed by atoms with Gasteiger partial charge < -0.3 is 19.4 Å². The monoisotopic (exact) mass is 413 g/mol. The first-order valence-electron chi connectivity index (χ1n) is 8.44. The molecule has 0 fully saturated rings. The van der Waals surface area contributed by atoms with Crippen LogP contribution in [-0.4, -0.2) is 54.7 Å². The van der Waals surface area contributed by atoms with Crippen LogP contribution in [0.25, 0.3) is 11.4 Å². The Balaban J connectivity index is 1.89. The van der Waals surface area contributed by atoms with Crippen LogP contribution in [0.4, 0.5) is 17.6 Å². The van der Waals surface area contributed by atoms with E-state index in [4.69, 9.17) is 0 Å². The third-order valence-corrected chi connectivity index (χ3v) is 4.17. The summed E-state index contributed by atoms with van der Waals surface area (Å²) < 4.78 is 57.2. The summed E-state index contributed by atoms with van der Waals surface area (Å²) in [4.78, 5) is 7.99. The molecule has 1 atom stereocenters. The number of alkyl halides is 4. The summed E-state index contributed by atoms with van der Waals surface area (Å²) in [5.74, 6) is -0.0481. The van der Waals surface area contributed by atoms with Gasteiger partial charge in [-0.3, -0.25) is 4.98 Å². The summed E-state index contributed by atoms with van der Waals surface area (Å²) >= 11 is 0. The Morgan fingerprint density at radius 3 is 2.52 bits per heavy atom. The van der Waals surface area contributed by atoms with Crippen molar-refractivity contribution in [2.45, 2.75) is 25.6 Å². The highest BCUT2D eigenvalue weighted by Crippen LogP contribution is 2.26.